The van der Waals surface area contributed by atoms with Crippen LogP contribution in [0.5, 0.6) is 11.5 Å². The number of ether oxygens (including phenoxy) is 2. The van der Waals surface area contributed by atoms with Crippen molar-refractivity contribution in [3.63, 3.8) is 0 Å². The lowest BCUT2D eigenvalue weighted by molar-refractivity contribution is 0.0721. The second-order valence-corrected chi connectivity index (χ2v) is 9.82. The first kappa shape index (κ1) is 26.1. The molecule has 0 N–H and O–H groups in total. The van der Waals surface area contributed by atoms with E-state index in [0.29, 0.717) is 23.3 Å². The monoisotopic (exact) mass is 498 g/mol. The fraction of sp³-hybridized carbons (Fsp3) is 0.433. The molecule has 0 aliphatic heterocycles. The minimum Gasteiger partial charge on any atom is -0.489 e. The molecule has 4 unspecified atom stereocenters. The highest BCUT2D eigenvalue weighted by molar-refractivity contribution is 5.91. The van der Waals surface area contributed by atoms with Crippen LogP contribution in [0.4, 0.5) is 13.2 Å². The van der Waals surface area contributed by atoms with Gasteiger partial charge in [-0.2, -0.15) is 0 Å². The second kappa shape index (κ2) is 11.8. The van der Waals surface area contributed by atoms with E-state index in [2.05, 4.69) is 19.1 Å². The molecule has 0 aromatic heterocycles. The molecule has 2 aliphatic carbocycles. The van der Waals surface area contributed by atoms with Gasteiger partial charge in [0, 0.05) is 6.07 Å². The number of benzene rings is 2. The average molecular weight is 499 g/mol. The summed E-state index contributed by atoms with van der Waals surface area (Å²) in [6.45, 7) is 4.15. The molecule has 4 rings (SSSR count). The van der Waals surface area contributed by atoms with Gasteiger partial charge in [-0.05, 0) is 99.8 Å². The van der Waals surface area contributed by atoms with Crippen LogP contribution in [0.2, 0.25) is 0 Å². The van der Waals surface area contributed by atoms with Crippen LogP contribution in [-0.4, -0.2) is 12.6 Å². The molecule has 0 spiro atoms. The number of allylic oxidation sites excluding steroid dienone is 3. The van der Waals surface area contributed by atoms with Crippen molar-refractivity contribution in [3.05, 3.63) is 83.2 Å². The standard InChI is InChI=1S/C30H33F3O3/c1-3-5-15-35-23-11-14-27(26(31)18-23)36-30(34)25-13-12-24(28(32)29(25)33)22-10-9-20-16-19(6-4-2)7-8-21(20)17-22/h3-6,11-14,18-22H,7-10,15-17H2,1-2H3/b5-3+,6-4+. The van der Waals surface area contributed by atoms with Gasteiger partial charge in [-0.1, -0.05) is 30.4 Å². The van der Waals surface area contributed by atoms with Crippen molar-refractivity contribution in [2.24, 2.45) is 17.8 Å². The Morgan fingerprint density at radius 3 is 2.47 bits per heavy atom. The van der Waals surface area contributed by atoms with Crippen LogP contribution < -0.4 is 9.47 Å². The molecule has 0 heterocycles. The van der Waals surface area contributed by atoms with Gasteiger partial charge in [0.05, 0.1) is 5.56 Å². The quantitative estimate of drug-likeness (QED) is 0.219. The van der Waals surface area contributed by atoms with Crippen molar-refractivity contribution in [1.82, 2.24) is 0 Å². The molecule has 2 saturated carbocycles. The Bertz CT molecular complexity index is 1140. The van der Waals surface area contributed by atoms with Crippen molar-refractivity contribution in [2.45, 2.75) is 58.3 Å². The average Bonchev–Trinajstić information content (AvgIpc) is 2.87. The predicted molar refractivity (Wildman–Crippen MR) is 134 cm³/mol. The number of halogens is 3. The maximum atomic E-state index is 15.1. The maximum Gasteiger partial charge on any atom is 0.346 e. The molecule has 0 amide bonds. The van der Waals surface area contributed by atoms with Crippen LogP contribution in [0.15, 0.2) is 54.6 Å². The van der Waals surface area contributed by atoms with Crippen LogP contribution in [0.25, 0.3) is 0 Å². The summed E-state index contributed by atoms with van der Waals surface area (Å²) in [6.07, 6.45) is 14.0. The number of carbonyl (C=O) groups excluding carboxylic acids is 1. The highest BCUT2D eigenvalue weighted by atomic mass is 19.2. The minimum absolute atomic E-state index is 0.0726. The van der Waals surface area contributed by atoms with Crippen LogP contribution in [-0.2, 0) is 0 Å². The smallest absolute Gasteiger partial charge is 0.346 e. The number of hydrogen-bond acceptors (Lipinski definition) is 3. The second-order valence-electron chi connectivity index (χ2n) is 9.82. The number of rotatable bonds is 7. The maximum absolute atomic E-state index is 15.1. The molecular formula is C30H33F3O3. The Morgan fingerprint density at radius 2 is 1.72 bits per heavy atom. The van der Waals surface area contributed by atoms with Gasteiger partial charge in [0.15, 0.2) is 23.2 Å². The van der Waals surface area contributed by atoms with Gasteiger partial charge in [0.1, 0.15) is 12.4 Å². The molecule has 6 heteroatoms. The van der Waals surface area contributed by atoms with Gasteiger partial charge in [0.25, 0.3) is 0 Å². The summed E-state index contributed by atoms with van der Waals surface area (Å²) in [4.78, 5) is 12.6. The van der Waals surface area contributed by atoms with E-state index >= 15 is 4.39 Å². The van der Waals surface area contributed by atoms with Gasteiger partial charge >= 0.3 is 5.97 Å². The van der Waals surface area contributed by atoms with E-state index < -0.39 is 29.0 Å². The molecule has 2 fully saturated rings. The first-order chi connectivity index (χ1) is 17.4. The van der Waals surface area contributed by atoms with E-state index in [0.717, 1.165) is 38.2 Å². The molecule has 192 valence electrons. The third-order valence-corrected chi connectivity index (χ3v) is 7.58. The number of esters is 1. The van der Waals surface area contributed by atoms with Crippen molar-refractivity contribution >= 4 is 5.97 Å². The van der Waals surface area contributed by atoms with Crippen molar-refractivity contribution in [1.29, 1.82) is 0 Å². The highest BCUT2D eigenvalue weighted by Crippen LogP contribution is 2.48. The Hall–Kier alpha value is -3.02. The zero-order valence-electron chi connectivity index (χ0n) is 20.8. The lowest BCUT2D eigenvalue weighted by Crippen LogP contribution is -2.30. The van der Waals surface area contributed by atoms with Gasteiger partial charge in [-0.25, -0.2) is 18.0 Å². The molecule has 4 atom stereocenters. The number of hydrogen-bond donors (Lipinski definition) is 0. The third-order valence-electron chi connectivity index (χ3n) is 7.58. The highest BCUT2D eigenvalue weighted by Gasteiger charge is 2.36. The number of carbonyl (C=O) groups is 1. The van der Waals surface area contributed by atoms with Gasteiger partial charge in [0.2, 0.25) is 0 Å². The first-order valence-corrected chi connectivity index (χ1v) is 12.8. The summed E-state index contributed by atoms with van der Waals surface area (Å²) in [5, 5.41) is 0. The molecular weight excluding hydrogens is 465 g/mol. The fourth-order valence-corrected chi connectivity index (χ4v) is 5.74. The van der Waals surface area contributed by atoms with E-state index in [1.165, 1.54) is 30.7 Å². The minimum atomic E-state index is -1.25. The van der Waals surface area contributed by atoms with Crippen LogP contribution in [0.1, 0.15) is 74.2 Å². The molecule has 0 bridgehead atoms. The summed E-state index contributed by atoms with van der Waals surface area (Å²) < 4.78 is 54.9. The van der Waals surface area contributed by atoms with E-state index in [4.69, 9.17) is 9.47 Å². The predicted octanol–water partition coefficient (Wildman–Crippen LogP) is 8.15. The van der Waals surface area contributed by atoms with E-state index in [1.807, 2.05) is 6.92 Å². The van der Waals surface area contributed by atoms with Crippen LogP contribution in [0.3, 0.4) is 0 Å². The molecule has 2 aromatic carbocycles. The Kier molecular flexibility index (Phi) is 8.55. The van der Waals surface area contributed by atoms with Crippen molar-refractivity contribution in [2.75, 3.05) is 6.61 Å². The van der Waals surface area contributed by atoms with E-state index in [9.17, 15) is 13.6 Å². The zero-order valence-corrected chi connectivity index (χ0v) is 20.8. The summed E-state index contributed by atoms with van der Waals surface area (Å²) in [5.41, 5.74) is -0.239. The zero-order chi connectivity index (χ0) is 25.7. The van der Waals surface area contributed by atoms with E-state index in [1.54, 1.807) is 12.2 Å². The Morgan fingerprint density at radius 1 is 0.944 bits per heavy atom. The SMILES string of the molecule is C/C=C/COc1ccc(OC(=O)c2ccc(C3CCC4CC(/C=C/C)CCC4C3)c(F)c2F)c(F)c1. The summed E-state index contributed by atoms with van der Waals surface area (Å²) in [5.74, 6) is -2.66. The van der Waals surface area contributed by atoms with E-state index in [-0.39, 0.29) is 24.0 Å². The summed E-state index contributed by atoms with van der Waals surface area (Å²) in [7, 11) is 0. The van der Waals surface area contributed by atoms with Gasteiger partial charge in [-0.15, -0.1) is 0 Å². The van der Waals surface area contributed by atoms with Crippen LogP contribution in [0, 0.1) is 35.2 Å². The summed E-state index contributed by atoms with van der Waals surface area (Å²) in [6, 6.07) is 6.48. The molecule has 3 nitrogen and oxygen atoms in total. The molecule has 0 radical (unpaired) electrons. The lowest BCUT2D eigenvalue weighted by Gasteiger charge is -2.42. The van der Waals surface area contributed by atoms with Crippen LogP contribution >= 0.6 is 0 Å². The molecule has 0 saturated heterocycles. The third kappa shape index (κ3) is 5.85. The van der Waals surface area contributed by atoms with Gasteiger partial charge in [-0.3, -0.25) is 0 Å². The van der Waals surface area contributed by atoms with Crippen molar-refractivity contribution < 1.29 is 27.4 Å². The topological polar surface area (TPSA) is 35.5 Å². The Labute approximate surface area is 211 Å². The molecule has 2 aromatic rings. The molecule has 2 aliphatic rings. The largest absolute Gasteiger partial charge is 0.489 e. The first-order valence-electron chi connectivity index (χ1n) is 12.8. The fourth-order valence-electron chi connectivity index (χ4n) is 5.74. The van der Waals surface area contributed by atoms with Gasteiger partial charge < -0.3 is 9.47 Å². The van der Waals surface area contributed by atoms with Crippen molar-refractivity contribution in [3.8, 4) is 11.5 Å². The Balaban J connectivity index is 1.43. The molecule has 36 heavy (non-hydrogen) atoms. The normalized spacial score (nSPS) is 24.1. The summed E-state index contributed by atoms with van der Waals surface area (Å²) >= 11 is 0. The number of fused-ring (bicyclic) bond motifs is 1. The lowest BCUT2D eigenvalue weighted by atomic mass is 9.64.